The van der Waals surface area contributed by atoms with Gasteiger partial charge in [0.2, 0.25) is 0 Å². The molecule has 0 amide bonds. The lowest BCUT2D eigenvalue weighted by atomic mass is 10.2. The van der Waals surface area contributed by atoms with E-state index in [1.165, 1.54) is 0 Å². The topological polar surface area (TPSA) is 294 Å². The maximum atomic E-state index is 10.9. The third-order valence-electron chi connectivity index (χ3n) is 4.76. The minimum atomic E-state index is -4.27. The van der Waals surface area contributed by atoms with Gasteiger partial charge in [0.1, 0.15) is 0 Å². The first-order valence-corrected chi connectivity index (χ1v) is 18.4. The quantitative estimate of drug-likeness (QED) is 0.0459. The molecule has 17 nitrogen and oxygen atoms in total. The molecule has 0 radical (unpaired) electrons. The molecule has 0 aliphatic carbocycles. The van der Waals surface area contributed by atoms with Gasteiger partial charge in [0, 0.05) is 0 Å². The number of unbranched alkanes of at least 4 members (excludes halogenated alkanes) is 9. The predicted molar refractivity (Wildman–Crippen MR) is 151 cm³/mol. The Balaban J connectivity index is -0.000000543. The van der Waals surface area contributed by atoms with E-state index in [0.29, 0.717) is 32.5 Å². The first kappa shape index (κ1) is 46.5. The number of hydrogen-bond donors (Lipinski definition) is 5. The zero-order valence-corrected chi connectivity index (χ0v) is 27.4. The second-order valence-corrected chi connectivity index (χ2v) is 12.6. The van der Waals surface area contributed by atoms with Gasteiger partial charge in [-0.1, -0.05) is 38.5 Å². The summed E-state index contributed by atoms with van der Waals surface area (Å²) in [4.78, 5) is 32.3. The third kappa shape index (κ3) is 40.1. The molecule has 0 aromatic heterocycles. The van der Waals surface area contributed by atoms with Crippen molar-refractivity contribution in [1.82, 2.24) is 0 Å². The lowest BCUT2D eigenvalue weighted by Gasteiger charge is -2.21. The number of phosphoric acid groups is 3. The fourth-order valence-corrected chi connectivity index (χ4v) is 4.62. The molecule has 0 aliphatic rings. The van der Waals surface area contributed by atoms with Crippen LogP contribution in [0.1, 0.15) is 84.0 Å². The average molecular weight is 677 g/mol. The van der Waals surface area contributed by atoms with Crippen molar-refractivity contribution in [2.24, 2.45) is 17.2 Å². The molecule has 8 N–H and O–H groups in total. The fourth-order valence-electron chi connectivity index (χ4n) is 2.74. The van der Waals surface area contributed by atoms with E-state index in [1.54, 1.807) is 6.92 Å². The molecule has 42 heavy (non-hydrogen) atoms. The van der Waals surface area contributed by atoms with Crippen LogP contribution in [0.4, 0.5) is 0 Å². The molecule has 0 saturated carbocycles. The number of aliphatic hydroxyl groups is 2. The zero-order valence-electron chi connectivity index (χ0n) is 24.7. The number of nitrogens with two attached hydrogens (primary N) is 3. The van der Waals surface area contributed by atoms with Crippen molar-refractivity contribution in [3.05, 3.63) is 0 Å². The largest absolute Gasteiger partial charge is 0.756 e. The SMILES string of the molecule is CCOP(=O)([O-])OCCCCCCN.NCCCCCCOP(=O)([O-])OCO.NCCCCCCOP(=O)([O-])OCO. The highest BCUT2D eigenvalue weighted by Gasteiger charge is 2.08. The number of phosphoric ester groups is 3. The second kappa shape index (κ2) is 32.5. The van der Waals surface area contributed by atoms with Crippen LogP contribution in [0.3, 0.4) is 0 Å². The van der Waals surface area contributed by atoms with E-state index in [1.807, 2.05) is 0 Å². The predicted octanol–water partition coefficient (Wildman–Crippen LogP) is 0.941. The highest BCUT2D eigenvalue weighted by molar-refractivity contribution is 7.46. The Bertz CT molecular complexity index is 622. The van der Waals surface area contributed by atoms with E-state index in [0.717, 1.165) is 64.2 Å². The highest BCUT2D eigenvalue weighted by atomic mass is 31.2. The lowest BCUT2D eigenvalue weighted by Crippen LogP contribution is -2.09. The Morgan fingerprint density at radius 1 is 0.476 bits per heavy atom. The fraction of sp³-hybridized carbons (Fsp3) is 1.00. The molecule has 20 heteroatoms. The summed E-state index contributed by atoms with van der Waals surface area (Å²) >= 11 is 0. The molecule has 3 unspecified atom stereocenters. The molecular weight excluding hydrogens is 623 g/mol. The summed E-state index contributed by atoms with van der Waals surface area (Å²) in [6.45, 7) is 2.32. The van der Waals surface area contributed by atoms with Crippen LogP contribution in [-0.2, 0) is 40.8 Å². The van der Waals surface area contributed by atoms with Crippen LogP contribution in [0.25, 0.3) is 0 Å². The zero-order chi connectivity index (χ0) is 32.6. The number of hydrogen-bond acceptors (Lipinski definition) is 17. The van der Waals surface area contributed by atoms with Gasteiger partial charge in [-0.25, -0.2) is 0 Å². The van der Waals surface area contributed by atoms with Crippen molar-refractivity contribution in [2.45, 2.75) is 84.0 Å². The summed E-state index contributed by atoms with van der Waals surface area (Å²) in [7, 11) is -12.6. The van der Waals surface area contributed by atoms with Gasteiger partial charge in [0.15, 0.2) is 13.6 Å². The van der Waals surface area contributed by atoms with Gasteiger partial charge in [-0.3, -0.25) is 22.7 Å². The molecule has 0 aromatic rings. The minimum absolute atomic E-state index is 0.0886. The molecule has 0 bridgehead atoms. The Labute approximate surface area is 250 Å². The summed E-state index contributed by atoms with van der Waals surface area (Å²) in [6.07, 6.45) is 10.5. The number of rotatable bonds is 27. The van der Waals surface area contributed by atoms with E-state index in [-0.39, 0.29) is 26.4 Å². The van der Waals surface area contributed by atoms with Crippen LogP contribution < -0.4 is 31.9 Å². The summed E-state index contributed by atoms with van der Waals surface area (Å²) < 4.78 is 58.2. The molecule has 0 heterocycles. The van der Waals surface area contributed by atoms with Crippen LogP contribution in [-0.4, -0.2) is 69.9 Å². The molecule has 0 rings (SSSR count). The lowest BCUT2D eigenvalue weighted by molar-refractivity contribution is -0.232. The molecule has 0 saturated heterocycles. The van der Waals surface area contributed by atoms with E-state index >= 15 is 0 Å². The van der Waals surface area contributed by atoms with E-state index < -0.39 is 37.1 Å². The first-order chi connectivity index (χ1) is 19.9. The van der Waals surface area contributed by atoms with Crippen LogP contribution in [0, 0.1) is 0 Å². The first-order valence-electron chi connectivity index (χ1n) is 14.0. The smallest absolute Gasteiger partial charge is 0.269 e. The second-order valence-electron chi connectivity index (χ2n) is 8.38. The van der Waals surface area contributed by atoms with Gasteiger partial charge in [0.05, 0.1) is 26.4 Å². The van der Waals surface area contributed by atoms with Crippen molar-refractivity contribution in [1.29, 1.82) is 0 Å². The van der Waals surface area contributed by atoms with Crippen molar-refractivity contribution >= 4 is 23.5 Å². The molecule has 0 aliphatic heterocycles. The Hall–Kier alpha value is 0.130. The molecule has 3 atom stereocenters. The van der Waals surface area contributed by atoms with Gasteiger partial charge in [-0.2, -0.15) is 0 Å². The van der Waals surface area contributed by atoms with Crippen LogP contribution in [0.5, 0.6) is 0 Å². The van der Waals surface area contributed by atoms with Crippen molar-refractivity contribution in [3.63, 3.8) is 0 Å². The van der Waals surface area contributed by atoms with Crippen molar-refractivity contribution in [3.8, 4) is 0 Å². The van der Waals surface area contributed by atoms with E-state index in [4.69, 9.17) is 27.4 Å². The standard InChI is InChI=1S/C8H20NO4P.2C7H18NO5P/c1-2-12-14(10,11)13-8-6-4-3-5-7-9;2*8-5-3-1-2-4-6-12-14(10,11)13-7-9/h2-9H2,1H3,(H,10,11);2*9H,1-8H2,(H,10,11)/p-3. The minimum Gasteiger partial charge on any atom is -0.756 e. The maximum Gasteiger partial charge on any atom is 0.269 e. The van der Waals surface area contributed by atoms with E-state index in [2.05, 4.69) is 27.1 Å². The summed E-state index contributed by atoms with van der Waals surface area (Å²) in [6, 6.07) is 0. The van der Waals surface area contributed by atoms with Crippen molar-refractivity contribution < 1.29 is 65.7 Å². The van der Waals surface area contributed by atoms with Gasteiger partial charge in [-0.15, -0.1) is 0 Å². The normalized spacial score (nSPS) is 15.4. The summed E-state index contributed by atoms with van der Waals surface area (Å²) in [5, 5.41) is 16.4. The maximum absolute atomic E-state index is 10.9. The summed E-state index contributed by atoms with van der Waals surface area (Å²) in [5.74, 6) is 0. The van der Waals surface area contributed by atoms with Gasteiger partial charge < -0.3 is 60.2 Å². The average Bonchev–Trinajstić information content (AvgIpc) is 2.91. The van der Waals surface area contributed by atoms with Crippen molar-refractivity contribution in [2.75, 3.05) is 59.6 Å². The Kier molecular flexibility index (Phi) is 36.0. The molecule has 0 fully saturated rings. The molecule has 0 aromatic carbocycles. The third-order valence-corrected chi connectivity index (χ3v) is 7.70. The van der Waals surface area contributed by atoms with E-state index in [9.17, 15) is 28.4 Å². The Morgan fingerprint density at radius 3 is 0.976 bits per heavy atom. The van der Waals surface area contributed by atoms with Gasteiger partial charge >= 0.3 is 0 Å². The monoisotopic (exact) mass is 676 g/mol. The Morgan fingerprint density at radius 2 is 0.738 bits per heavy atom. The summed E-state index contributed by atoms with van der Waals surface area (Å²) in [5.41, 5.74) is 15.9. The number of aliphatic hydroxyl groups excluding tert-OH is 2. The van der Waals surface area contributed by atoms with Crippen LogP contribution in [0.15, 0.2) is 0 Å². The van der Waals surface area contributed by atoms with Crippen LogP contribution in [0.2, 0.25) is 0 Å². The molecular formula is C22H53N3O14P3-3. The van der Waals surface area contributed by atoms with Gasteiger partial charge in [0.25, 0.3) is 23.5 Å². The van der Waals surface area contributed by atoms with Crippen LogP contribution >= 0.6 is 23.5 Å². The molecule has 0 spiro atoms. The highest BCUT2D eigenvalue weighted by Crippen LogP contribution is 2.39. The molecule has 258 valence electrons. The van der Waals surface area contributed by atoms with Gasteiger partial charge in [-0.05, 0) is 65.1 Å².